The molecule has 1 aliphatic rings. The first-order chi connectivity index (χ1) is 16.6. The maximum absolute atomic E-state index is 13.2. The van der Waals surface area contributed by atoms with Gasteiger partial charge >= 0.3 is 0 Å². The van der Waals surface area contributed by atoms with Crippen molar-refractivity contribution in [1.82, 2.24) is 14.9 Å². The number of Topliss-reactive ketones (excluding diaryl/α,β-unsaturated/α-hetero) is 1. The molecule has 5 rings (SSSR count). The molecule has 0 unspecified atom stereocenters. The van der Waals surface area contributed by atoms with Crippen LogP contribution in [0.2, 0.25) is 0 Å². The third kappa shape index (κ3) is 3.71. The second-order valence-corrected chi connectivity index (χ2v) is 8.12. The summed E-state index contributed by atoms with van der Waals surface area (Å²) in [5, 5.41) is 12.2. The number of nitrogens with one attached hydrogen (secondary N) is 1. The van der Waals surface area contributed by atoms with Gasteiger partial charge in [-0.15, -0.1) is 0 Å². The highest BCUT2D eigenvalue weighted by Gasteiger charge is 2.46. The van der Waals surface area contributed by atoms with Gasteiger partial charge in [-0.2, -0.15) is 0 Å². The minimum atomic E-state index is -0.735. The summed E-state index contributed by atoms with van der Waals surface area (Å²) in [4.78, 5) is 35.2. The van der Waals surface area contributed by atoms with E-state index in [1.54, 1.807) is 49.8 Å². The molecule has 7 heteroatoms. The molecule has 0 radical (unpaired) electrons. The van der Waals surface area contributed by atoms with Crippen LogP contribution in [-0.4, -0.2) is 45.3 Å². The van der Waals surface area contributed by atoms with Crippen molar-refractivity contribution in [2.75, 3.05) is 13.7 Å². The lowest BCUT2D eigenvalue weighted by atomic mass is 9.96. The van der Waals surface area contributed by atoms with Crippen LogP contribution in [0.25, 0.3) is 16.7 Å². The molecule has 1 amide bonds. The number of para-hydroxylation sites is 1. The van der Waals surface area contributed by atoms with Crippen molar-refractivity contribution in [3.63, 3.8) is 0 Å². The average molecular weight is 453 g/mol. The number of ether oxygens (including phenoxy) is 1. The molecule has 7 nitrogen and oxygen atoms in total. The van der Waals surface area contributed by atoms with Gasteiger partial charge in [0.15, 0.2) is 0 Å². The number of aliphatic hydroxyl groups excluding tert-OH is 1. The summed E-state index contributed by atoms with van der Waals surface area (Å²) in [6, 6.07) is 17.5. The number of pyridine rings is 1. The number of methoxy groups -OCH3 is 1. The van der Waals surface area contributed by atoms with Gasteiger partial charge in [-0.25, -0.2) is 0 Å². The number of likely N-dealkylation sites (tertiary alicyclic amines) is 1. The third-order valence-corrected chi connectivity index (χ3v) is 6.20. The molecular formula is C27H23N3O4. The minimum absolute atomic E-state index is 0.0575. The first kappa shape index (κ1) is 21.5. The summed E-state index contributed by atoms with van der Waals surface area (Å²) in [7, 11) is 1.55. The summed E-state index contributed by atoms with van der Waals surface area (Å²) >= 11 is 0. The lowest BCUT2D eigenvalue weighted by Gasteiger charge is -2.25. The molecule has 3 heterocycles. The first-order valence-electron chi connectivity index (χ1n) is 11.0. The molecule has 170 valence electrons. The summed E-state index contributed by atoms with van der Waals surface area (Å²) < 4.78 is 5.18. The number of aromatic nitrogens is 2. The van der Waals surface area contributed by atoms with Crippen molar-refractivity contribution in [3.05, 3.63) is 102 Å². The third-order valence-electron chi connectivity index (χ3n) is 6.20. The van der Waals surface area contributed by atoms with Crippen LogP contribution in [0.15, 0.2) is 84.8 Å². The fourth-order valence-corrected chi connectivity index (χ4v) is 4.48. The van der Waals surface area contributed by atoms with Crippen LogP contribution in [0.3, 0.4) is 0 Å². The van der Waals surface area contributed by atoms with E-state index in [4.69, 9.17) is 4.74 Å². The Kier molecular flexibility index (Phi) is 5.59. The standard InChI is InChI=1S/C27H23N3O4/c1-34-20-10-8-17(9-11-20)25(31)23-24(19-5-4-13-28-15-19)30(27(33)26(23)32)14-12-18-16-29-22-7-3-2-6-21(18)22/h2-11,13,15-16,24,29,31H,12,14H2,1H3/t24-/m1/s1. The number of hydrogen-bond acceptors (Lipinski definition) is 5. The SMILES string of the molecule is COc1ccc(C(O)=C2C(=O)C(=O)N(CCc3c[nH]c4ccccc34)[C@@H]2c2cccnc2)cc1. The Morgan fingerprint density at radius 2 is 1.88 bits per heavy atom. The summed E-state index contributed by atoms with van der Waals surface area (Å²) in [5.74, 6) is -0.936. The van der Waals surface area contributed by atoms with Crippen molar-refractivity contribution in [2.24, 2.45) is 0 Å². The molecule has 2 N–H and O–H groups in total. The smallest absolute Gasteiger partial charge is 0.295 e. The number of hydrogen-bond donors (Lipinski definition) is 2. The Balaban J connectivity index is 1.54. The summed E-state index contributed by atoms with van der Waals surface area (Å²) in [5.41, 5.74) is 3.22. The number of ketones is 1. The highest BCUT2D eigenvalue weighted by Crippen LogP contribution is 2.39. The molecule has 1 fully saturated rings. The molecule has 0 spiro atoms. The van der Waals surface area contributed by atoms with Crippen molar-refractivity contribution in [3.8, 4) is 5.75 Å². The van der Waals surface area contributed by atoms with E-state index < -0.39 is 17.7 Å². The van der Waals surface area contributed by atoms with Crippen LogP contribution in [0.4, 0.5) is 0 Å². The van der Waals surface area contributed by atoms with Gasteiger partial charge in [0.25, 0.3) is 11.7 Å². The van der Waals surface area contributed by atoms with Crippen LogP contribution in [-0.2, 0) is 16.0 Å². The van der Waals surface area contributed by atoms with Gasteiger partial charge in [-0.3, -0.25) is 14.6 Å². The number of H-pyrrole nitrogens is 1. The summed E-state index contributed by atoms with van der Waals surface area (Å²) in [6.45, 7) is 0.311. The monoisotopic (exact) mass is 453 g/mol. The molecule has 1 saturated heterocycles. The lowest BCUT2D eigenvalue weighted by Crippen LogP contribution is -2.31. The number of aromatic amines is 1. The van der Waals surface area contributed by atoms with Crippen LogP contribution in [0.5, 0.6) is 5.75 Å². The molecule has 34 heavy (non-hydrogen) atoms. The Hall–Kier alpha value is -4.39. The first-order valence-corrected chi connectivity index (χ1v) is 11.0. The Bertz CT molecular complexity index is 1390. The number of benzene rings is 2. The van der Waals surface area contributed by atoms with E-state index in [1.165, 1.54) is 4.90 Å². The van der Waals surface area contributed by atoms with Gasteiger partial charge in [0.1, 0.15) is 11.5 Å². The second kappa shape index (κ2) is 8.86. The van der Waals surface area contributed by atoms with Crippen LogP contribution in [0.1, 0.15) is 22.7 Å². The van der Waals surface area contributed by atoms with E-state index in [2.05, 4.69) is 9.97 Å². The Morgan fingerprint density at radius 1 is 1.09 bits per heavy atom. The topological polar surface area (TPSA) is 95.5 Å². The molecule has 0 saturated carbocycles. The van der Waals surface area contributed by atoms with E-state index in [9.17, 15) is 14.7 Å². The normalized spacial score (nSPS) is 17.4. The highest BCUT2D eigenvalue weighted by molar-refractivity contribution is 6.46. The van der Waals surface area contributed by atoms with E-state index in [0.717, 1.165) is 16.5 Å². The van der Waals surface area contributed by atoms with E-state index >= 15 is 0 Å². The van der Waals surface area contributed by atoms with Crippen LogP contribution in [0, 0.1) is 0 Å². The fourth-order valence-electron chi connectivity index (χ4n) is 4.48. The maximum atomic E-state index is 13.2. The Morgan fingerprint density at radius 3 is 2.62 bits per heavy atom. The minimum Gasteiger partial charge on any atom is -0.507 e. The number of carbonyl (C=O) groups is 2. The molecule has 1 aliphatic heterocycles. The molecular weight excluding hydrogens is 430 g/mol. The zero-order valence-electron chi connectivity index (χ0n) is 18.6. The zero-order chi connectivity index (χ0) is 23.7. The van der Waals surface area contributed by atoms with Gasteiger partial charge in [-0.1, -0.05) is 24.3 Å². The molecule has 1 atom stereocenters. The van der Waals surface area contributed by atoms with Crippen molar-refractivity contribution >= 4 is 28.4 Å². The zero-order valence-corrected chi connectivity index (χ0v) is 18.6. The lowest BCUT2D eigenvalue weighted by molar-refractivity contribution is -0.139. The van der Waals surface area contributed by atoms with Gasteiger partial charge in [0.2, 0.25) is 0 Å². The van der Waals surface area contributed by atoms with Crippen molar-refractivity contribution in [2.45, 2.75) is 12.5 Å². The largest absolute Gasteiger partial charge is 0.507 e. The van der Waals surface area contributed by atoms with Crippen LogP contribution < -0.4 is 4.74 Å². The van der Waals surface area contributed by atoms with Crippen molar-refractivity contribution < 1.29 is 19.4 Å². The highest BCUT2D eigenvalue weighted by atomic mass is 16.5. The number of nitrogens with zero attached hydrogens (tertiary/aromatic N) is 2. The number of rotatable bonds is 6. The molecule has 0 bridgehead atoms. The predicted octanol–water partition coefficient (Wildman–Crippen LogP) is 4.24. The average Bonchev–Trinajstić information content (AvgIpc) is 3.41. The molecule has 0 aliphatic carbocycles. The van der Waals surface area contributed by atoms with Gasteiger partial charge < -0.3 is 19.7 Å². The Labute approximate surface area is 196 Å². The van der Waals surface area contributed by atoms with Crippen molar-refractivity contribution in [1.29, 1.82) is 0 Å². The van der Waals surface area contributed by atoms with Gasteiger partial charge in [0.05, 0.1) is 18.7 Å². The number of carbonyl (C=O) groups excluding carboxylic acids is 2. The second-order valence-electron chi connectivity index (χ2n) is 8.12. The van der Waals surface area contributed by atoms with Gasteiger partial charge in [-0.05, 0) is 53.9 Å². The van der Waals surface area contributed by atoms with E-state index in [1.807, 2.05) is 36.5 Å². The maximum Gasteiger partial charge on any atom is 0.295 e. The number of aliphatic hydroxyl groups is 1. The van der Waals surface area contributed by atoms with Gasteiger partial charge in [0, 0.05) is 41.6 Å². The van der Waals surface area contributed by atoms with Crippen LogP contribution >= 0.6 is 0 Å². The molecule has 2 aromatic heterocycles. The molecule has 4 aromatic rings. The van der Waals surface area contributed by atoms with E-state index in [0.29, 0.717) is 29.8 Å². The number of amides is 1. The summed E-state index contributed by atoms with van der Waals surface area (Å²) in [6.07, 6.45) is 5.73. The quantitative estimate of drug-likeness (QED) is 0.259. The predicted molar refractivity (Wildman–Crippen MR) is 128 cm³/mol. The number of fused-ring (bicyclic) bond motifs is 1. The van der Waals surface area contributed by atoms with E-state index in [-0.39, 0.29) is 11.3 Å². The molecule has 2 aromatic carbocycles. The fraction of sp³-hybridized carbons (Fsp3) is 0.148.